The Kier molecular flexibility index (Phi) is 4.95. The molecule has 26 heavy (non-hydrogen) atoms. The lowest BCUT2D eigenvalue weighted by Crippen LogP contribution is -2.09. The number of carbonyl (C=O) groups is 1. The second-order valence-corrected chi connectivity index (χ2v) is 5.92. The number of pyridine rings is 2. The molecule has 3 aromatic rings. The van der Waals surface area contributed by atoms with E-state index in [2.05, 4.69) is 9.97 Å². The van der Waals surface area contributed by atoms with E-state index >= 15 is 0 Å². The van der Waals surface area contributed by atoms with Crippen LogP contribution in [0.1, 0.15) is 16.1 Å². The molecule has 0 fully saturated rings. The highest BCUT2D eigenvalue weighted by Crippen LogP contribution is 2.39. The fourth-order valence-electron chi connectivity index (χ4n) is 2.92. The normalized spacial score (nSPS) is 10.7. The van der Waals surface area contributed by atoms with Crippen molar-refractivity contribution in [1.29, 1.82) is 0 Å². The van der Waals surface area contributed by atoms with Gasteiger partial charge in [0.1, 0.15) is 5.15 Å². The minimum Gasteiger partial charge on any atom is -0.493 e. The third-order valence-electron chi connectivity index (χ3n) is 4.08. The van der Waals surface area contributed by atoms with Gasteiger partial charge >= 0.3 is 5.97 Å². The minimum absolute atomic E-state index is 0.321. The molecule has 0 aliphatic carbocycles. The van der Waals surface area contributed by atoms with Gasteiger partial charge in [-0.1, -0.05) is 11.6 Å². The molecule has 7 heteroatoms. The molecule has 0 saturated carbocycles. The molecule has 0 spiro atoms. The zero-order chi connectivity index (χ0) is 18.8. The number of aromatic nitrogens is 2. The van der Waals surface area contributed by atoms with E-state index < -0.39 is 5.97 Å². The van der Waals surface area contributed by atoms with Crippen LogP contribution in [0.2, 0.25) is 5.15 Å². The molecule has 6 nitrogen and oxygen atoms in total. The summed E-state index contributed by atoms with van der Waals surface area (Å²) in [4.78, 5) is 21.0. The third-order valence-corrected chi connectivity index (χ3v) is 4.28. The lowest BCUT2D eigenvalue weighted by atomic mass is 9.94. The van der Waals surface area contributed by atoms with Crippen LogP contribution < -0.4 is 9.47 Å². The Hall–Kier alpha value is -2.86. The molecule has 0 amide bonds. The highest BCUT2D eigenvalue weighted by molar-refractivity contribution is 6.29. The van der Waals surface area contributed by atoms with Crippen molar-refractivity contribution in [3.05, 3.63) is 46.9 Å². The molecule has 0 atom stereocenters. The molecular weight excluding hydrogens is 356 g/mol. The Labute approximate surface area is 155 Å². The fourth-order valence-corrected chi connectivity index (χ4v) is 3.10. The van der Waals surface area contributed by atoms with Gasteiger partial charge in [0, 0.05) is 23.2 Å². The van der Waals surface area contributed by atoms with Crippen molar-refractivity contribution in [3.63, 3.8) is 0 Å². The van der Waals surface area contributed by atoms with Crippen LogP contribution >= 0.6 is 11.6 Å². The van der Waals surface area contributed by atoms with E-state index in [9.17, 15) is 4.79 Å². The van der Waals surface area contributed by atoms with Crippen molar-refractivity contribution in [2.45, 2.75) is 6.92 Å². The lowest BCUT2D eigenvalue weighted by Gasteiger charge is -2.16. The van der Waals surface area contributed by atoms with Crippen LogP contribution in [0.25, 0.3) is 22.0 Å². The quantitative estimate of drug-likeness (QED) is 0.508. The van der Waals surface area contributed by atoms with Gasteiger partial charge in [0.2, 0.25) is 0 Å². The number of nitrogens with zero attached hydrogens (tertiary/aromatic N) is 2. The second-order valence-electron chi connectivity index (χ2n) is 5.53. The summed E-state index contributed by atoms with van der Waals surface area (Å²) in [6, 6.07) is 7.04. The zero-order valence-electron chi connectivity index (χ0n) is 14.8. The average molecular weight is 373 g/mol. The van der Waals surface area contributed by atoms with Crippen LogP contribution in [0.4, 0.5) is 0 Å². The largest absolute Gasteiger partial charge is 0.493 e. The van der Waals surface area contributed by atoms with Crippen molar-refractivity contribution in [1.82, 2.24) is 9.97 Å². The molecule has 0 N–H and O–H groups in total. The molecule has 0 unspecified atom stereocenters. The van der Waals surface area contributed by atoms with E-state index in [0.717, 1.165) is 10.9 Å². The maximum Gasteiger partial charge on any atom is 0.340 e. The van der Waals surface area contributed by atoms with Gasteiger partial charge in [-0.3, -0.25) is 4.98 Å². The van der Waals surface area contributed by atoms with Gasteiger partial charge in [-0.2, -0.15) is 0 Å². The second kappa shape index (κ2) is 7.17. The van der Waals surface area contributed by atoms with Crippen LogP contribution in [-0.2, 0) is 4.74 Å². The van der Waals surface area contributed by atoms with Crippen molar-refractivity contribution in [2.75, 3.05) is 21.3 Å². The first-order chi connectivity index (χ1) is 12.5. The number of halogens is 1. The van der Waals surface area contributed by atoms with Crippen LogP contribution in [0.15, 0.2) is 30.5 Å². The van der Waals surface area contributed by atoms with Crippen molar-refractivity contribution in [3.8, 4) is 22.6 Å². The number of hydrogen-bond donors (Lipinski definition) is 0. The number of hydrogen-bond acceptors (Lipinski definition) is 6. The van der Waals surface area contributed by atoms with E-state index in [4.69, 9.17) is 25.8 Å². The molecule has 0 radical (unpaired) electrons. The van der Waals surface area contributed by atoms with Gasteiger partial charge in [-0.25, -0.2) is 9.78 Å². The molecule has 3 rings (SSSR count). The number of ether oxygens (including phenoxy) is 3. The number of rotatable bonds is 4. The first-order valence-electron chi connectivity index (χ1n) is 7.76. The third kappa shape index (κ3) is 3.04. The molecule has 0 aliphatic heterocycles. The first-order valence-corrected chi connectivity index (χ1v) is 8.14. The average Bonchev–Trinajstić information content (AvgIpc) is 2.65. The Bertz CT molecular complexity index is 1000. The molecule has 0 saturated heterocycles. The van der Waals surface area contributed by atoms with E-state index in [-0.39, 0.29) is 0 Å². The van der Waals surface area contributed by atoms with Crippen LogP contribution in [0.3, 0.4) is 0 Å². The molecule has 0 aliphatic rings. The van der Waals surface area contributed by atoms with Crippen molar-refractivity contribution in [2.24, 2.45) is 0 Å². The highest BCUT2D eigenvalue weighted by atomic mass is 35.5. The maximum absolute atomic E-state index is 12.5. The topological polar surface area (TPSA) is 70.5 Å². The standard InChI is InChI=1S/C19H17ClN2O4/c1-10-17(19(23)26-4)18(11-5-6-21-16(20)7-11)12-8-14(24-2)15(25-3)9-13(12)22-10/h5-9H,1-4H3. The first kappa shape index (κ1) is 17.9. The highest BCUT2D eigenvalue weighted by Gasteiger charge is 2.22. The summed E-state index contributed by atoms with van der Waals surface area (Å²) in [5.41, 5.74) is 2.96. The predicted octanol–water partition coefficient (Wildman–Crippen LogP) is 4.06. The Morgan fingerprint density at radius 2 is 1.77 bits per heavy atom. The number of carbonyl (C=O) groups excluding carboxylic acids is 1. The van der Waals surface area contributed by atoms with Gasteiger partial charge in [-0.15, -0.1) is 0 Å². The number of esters is 1. The SMILES string of the molecule is COC(=O)c1c(C)nc2cc(OC)c(OC)cc2c1-c1ccnc(Cl)c1. The van der Waals surface area contributed by atoms with Crippen LogP contribution in [0, 0.1) is 6.92 Å². The molecular formula is C19H17ClN2O4. The number of fused-ring (bicyclic) bond motifs is 1. The minimum atomic E-state index is -0.477. The fraction of sp³-hybridized carbons (Fsp3) is 0.211. The Balaban J connectivity index is 2.48. The monoisotopic (exact) mass is 372 g/mol. The van der Waals surface area contributed by atoms with E-state index in [0.29, 0.717) is 39.0 Å². The summed E-state index contributed by atoms with van der Waals surface area (Å²) in [7, 11) is 4.45. The lowest BCUT2D eigenvalue weighted by molar-refractivity contribution is 0.0600. The molecule has 1 aromatic carbocycles. The summed E-state index contributed by atoms with van der Waals surface area (Å²) in [5.74, 6) is 0.605. The van der Waals surface area contributed by atoms with Gasteiger partial charge < -0.3 is 14.2 Å². The summed E-state index contributed by atoms with van der Waals surface area (Å²) in [6.45, 7) is 1.76. The number of methoxy groups -OCH3 is 3. The van der Waals surface area contributed by atoms with Crippen LogP contribution in [0.5, 0.6) is 11.5 Å². The zero-order valence-corrected chi connectivity index (χ0v) is 15.5. The van der Waals surface area contributed by atoms with E-state index in [1.54, 1.807) is 51.6 Å². The van der Waals surface area contributed by atoms with Gasteiger partial charge in [-0.05, 0) is 30.7 Å². The summed E-state index contributed by atoms with van der Waals surface area (Å²) < 4.78 is 15.7. The van der Waals surface area contributed by atoms with Gasteiger partial charge in [0.25, 0.3) is 0 Å². The summed E-state index contributed by atoms with van der Waals surface area (Å²) in [5, 5.41) is 1.04. The van der Waals surface area contributed by atoms with E-state index in [1.807, 2.05) is 0 Å². The molecule has 2 aromatic heterocycles. The summed E-state index contributed by atoms with van der Waals surface area (Å²) in [6.07, 6.45) is 1.58. The van der Waals surface area contributed by atoms with Crippen molar-refractivity contribution < 1.29 is 19.0 Å². The molecule has 2 heterocycles. The summed E-state index contributed by atoms with van der Waals surface area (Å²) >= 11 is 6.07. The smallest absolute Gasteiger partial charge is 0.340 e. The van der Waals surface area contributed by atoms with Gasteiger partial charge in [0.15, 0.2) is 11.5 Å². The maximum atomic E-state index is 12.5. The van der Waals surface area contributed by atoms with Crippen molar-refractivity contribution >= 4 is 28.5 Å². The predicted molar refractivity (Wildman–Crippen MR) is 99.2 cm³/mol. The van der Waals surface area contributed by atoms with Gasteiger partial charge in [0.05, 0.1) is 38.1 Å². The number of benzene rings is 1. The molecule has 134 valence electrons. The Morgan fingerprint density at radius 3 is 2.38 bits per heavy atom. The molecule has 0 bridgehead atoms. The van der Waals surface area contributed by atoms with E-state index in [1.165, 1.54) is 7.11 Å². The number of aryl methyl sites for hydroxylation is 1. The van der Waals surface area contributed by atoms with Crippen LogP contribution in [-0.4, -0.2) is 37.3 Å². The Morgan fingerprint density at radius 1 is 1.08 bits per heavy atom.